The fraction of sp³-hybridized carbons (Fsp3) is 0.308. The van der Waals surface area contributed by atoms with E-state index in [4.69, 9.17) is 10.5 Å². The molecule has 1 aromatic carbocycles. The van der Waals surface area contributed by atoms with Crippen LogP contribution >= 0.6 is 0 Å². The van der Waals surface area contributed by atoms with E-state index in [1.807, 2.05) is 6.92 Å². The molecular weight excluding hydrogens is 262 g/mol. The molecule has 7 heteroatoms. The number of urea groups is 1. The van der Waals surface area contributed by atoms with Crippen LogP contribution in [0.25, 0.3) is 0 Å². The van der Waals surface area contributed by atoms with Crippen molar-refractivity contribution < 1.29 is 19.1 Å². The monoisotopic (exact) mass is 275 g/mol. The molecule has 2 aliphatic heterocycles. The average Bonchev–Trinajstić information content (AvgIpc) is 2.65. The Bertz CT molecular complexity index is 643. The summed E-state index contributed by atoms with van der Waals surface area (Å²) in [5.41, 5.74) is 5.44. The summed E-state index contributed by atoms with van der Waals surface area (Å²) >= 11 is 0. The van der Waals surface area contributed by atoms with E-state index in [0.717, 1.165) is 5.56 Å². The van der Waals surface area contributed by atoms with Gasteiger partial charge < -0.3 is 15.8 Å². The molecule has 0 unspecified atom stereocenters. The quantitative estimate of drug-likeness (QED) is 0.609. The number of rotatable bonds is 1. The predicted octanol–water partition coefficient (Wildman–Crippen LogP) is -0.334. The molecule has 0 saturated carbocycles. The highest BCUT2D eigenvalue weighted by Crippen LogP contribution is 2.41. The molecule has 1 saturated heterocycles. The summed E-state index contributed by atoms with van der Waals surface area (Å²) in [5.74, 6) is -0.795. The van der Waals surface area contributed by atoms with Gasteiger partial charge >= 0.3 is 6.03 Å². The van der Waals surface area contributed by atoms with Crippen molar-refractivity contribution in [2.75, 3.05) is 0 Å². The molecule has 2 heterocycles. The highest BCUT2D eigenvalue weighted by molar-refractivity contribution is 6.08. The first kappa shape index (κ1) is 12.5. The molecule has 7 nitrogen and oxygen atoms in total. The Hall–Kier alpha value is -2.57. The highest BCUT2D eigenvalue weighted by atomic mass is 16.5. The predicted molar refractivity (Wildman–Crippen MR) is 67.8 cm³/mol. The molecular formula is C13H13N3O4. The van der Waals surface area contributed by atoms with Gasteiger partial charge in [0.15, 0.2) is 11.6 Å². The molecule has 2 atom stereocenters. The Labute approximate surface area is 114 Å². The van der Waals surface area contributed by atoms with Crippen LogP contribution in [-0.4, -0.2) is 23.9 Å². The van der Waals surface area contributed by atoms with Crippen LogP contribution in [-0.2, 0) is 15.1 Å². The van der Waals surface area contributed by atoms with Gasteiger partial charge in [0, 0.05) is 12.0 Å². The van der Waals surface area contributed by atoms with Gasteiger partial charge in [-0.2, -0.15) is 0 Å². The van der Waals surface area contributed by atoms with Gasteiger partial charge in [-0.05, 0) is 19.1 Å². The van der Waals surface area contributed by atoms with Gasteiger partial charge in [-0.15, -0.1) is 0 Å². The maximum Gasteiger partial charge on any atom is 0.322 e. The van der Waals surface area contributed by atoms with E-state index < -0.39 is 29.5 Å². The summed E-state index contributed by atoms with van der Waals surface area (Å²) in [4.78, 5) is 35.1. The summed E-state index contributed by atoms with van der Waals surface area (Å²) in [7, 11) is 0. The number of ether oxygens (including phenoxy) is 1. The number of hydrogen-bond donors (Lipinski definition) is 3. The van der Waals surface area contributed by atoms with Gasteiger partial charge in [-0.3, -0.25) is 14.9 Å². The minimum atomic E-state index is -1.30. The smallest absolute Gasteiger partial charge is 0.322 e. The molecule has 1 aromatic rings. The minimum Gasteiger partial charge on any atom is -0.480 e. The van der Waals surface area contributed by atoms with Crippen LogP contribution in [0.2, 0.25) is 0 Å². The zero-order valence-corrected chi connectivity index (χ0v) is 10.7. The number of imide groups is 1. The summed E-state index contributed by atoms with van der Waals surface area (Å²) < 4.78 is 5.51. The lowest BCUT2D eigenvalue weighted by Gasteiger charge is -2.36. The number of amides is 4. The van der Waals surface area contributed by atoms with Crippen LogP contribution in [0.3, 0.4) is 0 Å². The van der Waals surface area contributed by atoms with Gasteiger partial charge in [0.05, 0.1) is 0 Å². The first-order valence-corrected chi connectivity index (χ1v) is 6.13. The fourth-order valence-corrected chi connectivity index (χ4v) is 2.65. The molecule has 104 valence electrons. The molecule has 0 bridgehead atoms. The van der Waals surface area contributed by atoms with E-state index >= 15 is 0 Å². The zero-order valence-electron chi connectivity index (χ0n) is 10.7. The molecule has 0 aliphatic carbocycles. The average molecular weight is 275 g/mol. The summed E-state index contributed by atoms with van der Waals surface area (Å²) in [6, 6.07) is 4.63. The standard InChI is InChI=1S/C13H13N3O4/c1-6-2-3-8-7(4-6)13(5-9(20-8)10(14)17)11(18)15-12(19)16-13/h2-4,9H,5H2,1H3,(H2,14,17)(H2,15,16,18,19)/t9-,13-/m0/s1. The molecule has 20 heavy (non-hydrogen) atoms. The van der Waals surface area contributed by atoms with Crippen LogP contribution in [0.15, 0.2) is 18.2 Å². The number of aryl methyl sites for hydroxylation is 1. The van der Waals surface area contributed by atoms with Crippen LogP contribution in [0.5, 0.6) is 5.75 Å². The number of carbonyl (C=O) groups is 3. The molecule has 0 radical (unpaired) electrons. The normalized spacial score (nSPS) is 27.6. The Kier molecular flexibility index (Phi) is 2.47. The Morgan fingerprint density at radius 1 is 1.45 bits per heavy atom. The molecule has 2 aliphatic rings. The van der Waals surface area contributed by atoms with Crippen molar-refractivity contribution in [2.45, 2.75) is 25.0 Å². The summed E-state index contributed by atoms with van der Waals surface area (Å²) in [5, 5.41) is 4.80. The van der Waals surface area contributed by atoms with E-state index in [1.54, 1.807) is 18.2 Å². The van der Waals surface area contributed by atoms with Gasteiger partial charge in [-0.1, -0.05) is 11.6 Å². The Morgan fingerprint density at radius 3 is 2.80 bits per heavy atom. The van der Waals surface area contributed by atoms with E-state index in [2.05, 4.69) is 10.6 Å². The number of hydrogen-bond acceptors (Lipinski definition) is 4. The molecule has 4 amide bonds. The topological polar surface area (TPSA) is 111 Å². The minimum absolute atomic E-state index is 0.0175. The molecule has 1 spiro atoms. The van der Waals surface area contributed by atoms with Gasteiger partial charge in [0.25, 0.3) is 11.8 Å². The van der Waals surface area contributed by atoms with Crippen molar-refractivity contribution in [3.63, 3.8) is 0 Å². The molecule has 0 aromatic heterocycles. The molecule has 3 rings (SSSR count). The third-order valence-electron chi connectivity index (χ3n) is 3.61. The van der Waals surface area contributed by atoms with E-state index in [0.29, 0.717) is 11.3 Å². The number of primary amides is 1. The molecule has 1 fully saturated rings. The maximum absolute atomic E-state index is 12.2. The first-order chi connectivity index (χ1) is 9.42. The van der Waals surface area contributed by atoms with Gasteiger partial charge in [-0.25, -0.2) is 4.79 Å². The van der Waals surface area contributed by atoms with Crippen molar-refractivity contribution in [1.82, 2.24) is 10.6 Å². The van der Waals surface area contributed by atoms with Gasteiger partial charge in [0.2, 0.25) is 0 Å². The van der Waals surface area contributed by atoms with Crippen molar-refractivity contribution in [2.24, 2.45) is 5.73 Å². The third kappa shape index (κ3) is 1.63. The van der Waals surface area contributed by atoms with E-state index in [9.17, 15) is 14.4 Å². The second-order valence-electron chi connectivity index (χ2n) is 5.03. The van der Waals surface area contributed by atoms with Crippen LogP contribution in [0.1, 0.15) is 17.5 Å². The van der Waals surface area contributed by atoms with Gasteiger partial charge in [0.1, 0.15) is 5.75 Å². The Balaban J connectivity index is 2.18. The lowest BCUT2D eigenvalue weighted by atomic mass is 9.81. The maximum atomic E-state index is 12.2. The lowest BCUT2D eigenvalue weighted by Crippen LogP contribution is -2.53. The van der Waals surface area contributed by atoms with Crippen LogP contribution < -0.4 is 21.1 Å². The second-order valence-corrected chi connectivity index (χ2v) is 5.03. The fourth-order valence-electron chi connectivity index (χ4n) is 2.65. The SMILES string of the molecule is Cc1ccc2c(c1)[C@]1(C[C@@H](C(N)=O)O2)NC(=O)NC1=O. The number of carbonyl (C=O) groups excluding carboxylic acids is 3. The van der Waals surface area contributed by atoms with Crippen LogP contribution in [0, 0.1) is 6.92 Å². The Morgan fingerprint density at radius 2 is 2.20 bits per heavy atom. The second kappa shape index (κ2) is 3.96. The number of benzene rings is 1. The van der Waals surface area contributed by atoms with Crippen molar-refractivity contribution in [3.05, 3.63) is 29.3 Å². The van der Waals surface area contributed by atoms with Crippen molar-refractivity contribution in [1.29, 1.82) is 0 Å². The first-order valence-electron chi connectivity index (χ1n) is 6.13. The summed E-state index contributed by atoms with van der Waals surface area (Å²) in [6.07, 6.45) is -0.981. The number of nitrogens with two attached hydrogens (primary N) is 1. The number of fused-ring (bicyclic) bond motifs is 2. The molecule has 4 N–H and O–H groups in total. The van der Waals surface area contributed by atoms with Crippen molar-refractivity contribution in [3.8, 4) is 5.75 Å². The van der Waals surface area contributed by atoms with Crippen LogP contribution in [0.4, 0.5) is 4.79 Å². The number of nitrogens with one attached hydrogen (secondary N) is 2. The largest absolute Gasteiger partial charge is 0.480 e. The van der Waals surface area contributed by atoms with E-state index in [-0.39, 0.29) is 6.42 Å². The highest BCUT2D eigenvalue weighted by Gasteiger charge is 2.54. The van der Waals surface area contributed by atoms with E-state index in [1.165, 1.54) is 0 Å². The van der Waals surface area contributed by atoms with Crippen molar-refractivity contribution >= 4 is 17.8 Å². The third-order valence-corrected chi connectivity index (χ3v) is 3.61. The lowest BCUT2D eigenvalue weighted by molar-refractivity contribution is -0.130. The summed E-state index contributed by atoms with van der Waals surface area (Å²) in [6.45, 7) is 1.86. The zero-order chi connectivity index (χ0) is 14.5.